The molecular formula is C16H20N2O4. The smallest absolute Gasteiger partial charge is 0.223 e. The number of amides is 1. The van der Waals surface area contributed by atoms with Crippen LogP contribution in [-0.4, -0.2) is 29.2 Å². The zero-order chi connectivity index (χ0) is 15.5. The standard InChI is InChI=1S/C16H20N2O4/c1-21-12-5-6-14-13(8-12)18-15(22-14)9-17-16(20)10-3-2-4-11(19)7-10/h5-6,8,10-11,19H,2-4,7,9H2,1H3,(H,17,20)/t10-,11+/m0/s1. The highest BCUT2D eigenvalue weighted by Gasteiger charge is 2.26. The fourth-order valence-corrected chi connectivity index (χ4v) is 2.87. The lowest BCUT2D eigenvalue weighted by atomic mass is 9.87. The van der Waals surface area contributed by atoms with Crippen LogP contribution in [0.15, 0.2) is 22.6 Å². The summed E-state index contributed by atoms with van der Waals surface area (Å²) in [5.41, 5.74) is 1.37. The summed E-state index contributed by atoms with van der Waals surface area (Å²) in [4.78, 5) is 16.5. The number of rotatable bonds is 4. The molecule has 1 heterocycles. The number of hydrogen-bond acceptors (Lipinski definition) is 5. The summed E-state index contributed by atoms with van der Waals surface area (Å²) in [7, 11) is 1.60. The maximum absolute atomic E-state index is 12.1. The predicted octanol–water partition coefficient (Wildman–Crippen LogP) is 2.00. The number of aliphatic hydroxyl groups excluding tert-OH is 1. The molecule has 1 saturated carbocycles. The fourth-order valence-electron chi connectivity index (χ4n) is 2.87. The maximum Gasteiger partial charge on any atom is 0.223 e. The number of aromatic nitrogens is 1. The van der Waals surface area contributed by atoms with Crippen LogP contribution in [0, 0.1) is 5.92 Å². The van der Waals surface area contributed by atoms with Gasteiger partial charge in [-0.25, -0.2) is 4.98 Å². The number of carbonyl (C=O) groups excluding carboxylic acids is 1. The van der Waals surface area contributed by atoms with Crippen LogP contribution in [0.3, 0.4) is 0 Å². The molecule has 3 rings (SSSR count). The SMILES string of the molecule is COc1ccc2oc(CNC(=O)[C@H]3CCC[C@@H](O)C3)nc2c1. The minimum absolute atomic E-state index is 0.0430. The molecular weight excluding hydrogens is 284 g/mol. The Morgan fingerprint density at radius 1 is 1.50 bits per heavy atom. The molecule has 0 aliphatic heterocycles. The van der Waals surface area contributed by atoms with Crippen molar-refractivity contribution >= 4 is 17.0 Å². The van der Waals surface area contributed by atoms with Crippen LogP contribution in [0.5, 0.6) is 5.75 Å². The molecule has 1 aromatic carbocycles. The third-order valence-electron chi connectivity index (χ3n) is 4.07. The van der Waals surface area contributed by atoms with E-state index >= 15 is 0 Å². The molecule has 6 nitrogen and oxygen atoms in total. The number of hydrogen-bond donors (Lipinski definition) is 2. The number of nitrogens with zero attached hydrogens (tertiary/aromatic N) is 1. The van der Waals surface area contributed by atoms with Gasteiger partial charge in [-0.15, -0.1) is 0 Å². The largest absolute Gasteiger partial charge is 0.497 e. The van der Waals surface area contributed by atoms with Gasteiger partial charge in [-0.2, -0.15) is 0 Å². The van der Waals surface area contributed by atoms with Gasteiger partial charge in [0.15, 0.2) is 5.58 Å². The van der Waals surface area contributed by atoms with Gasteiger partial charge >= 0.3 is 0 Å². The van der Waals surface area contributed by atoms with Crippen molar-refractivity contribution in [1.82, 2.24) is 10.3 Å². The van der Waals surface area contributed by atoms with E-state index in [0.29, 0.717) is 29.2 Å². The van der Waals surface area contributed by atoms with Crippen LogP contribution in [0.2, 0.25) is 0 Å². The van der Waals surface area contributed by atoms with Crippen LogP contribution >= 0.6 is 0 Å². The predicted molar refractivity (Wildman–Crippen MR) is 80.4 cm³/mol. The average Bonchev–Trinajstić information content (AvgIpc) is 2.94. The van der Waals surface area contributed by atoms with Gasteiger partial charge in [0.1, 0.15) is 11.3 Å². The summed E-state index contributed by atoms with van der Waals surface area (Å²) in [6, 6.07) is 5.39. The highest BCUT2D eigenvalue weighted by atomic mass is 16.5. The Bertz CT molecular complexity index is 667. The van der Waals surface area contributed by atoms with Gasteiger partial charge < -0.3 is 19.6 Å². The normalized spacial score (nSPS) is 21.7. The first-order valence-corrected chi connectivity index (χ1v) is 7.55. The Balaban J connectivity index is 1.62. The highest BCUT2D eigenvalue weighted by Crippen LogP contribution is 2.25. The van der Waals surface area contributed by atoms with Gasteiger partial charge in [0, 0.05) is 12.0 Å². The van der Waals surface area contributed by atoms with Gasteiger partial charge in [-0.1, -0.05) is 6.42 Å². The number of benzene rings is 1. The molecule has 118 valence electrons. The lowest BCUT2D eigenvalue weighted by molar-refractivity contribution is -0.127. The molecule has 0 unspecified atom stereocenters. The quantitative estimate of drug-likeness (QED) is 0.902. The lowest BCUT2D eigenvalue weighted by Crippen LogP contribution is -2.34. The van der Waals surface area contributed by atoms with Crippen molar-refractivity contribution in [3.63, 3.8) is 0 Å². The van der Waals surface area contributed by atoms with Crippen molar-refractivity contribution in [1.29, 1.82) is 0 Å². The molecule has 22 heavy (non-hydrogen) atoms. The second kappa shape index (κ2) is 6.36. The van der Waals surface area contributed by atoms with Crippen molar-refractivity contribution in [3.8, 4) is 5.75 Å². The van der Waals surface area contributed by atoms with Crippen molar-refractivity contribution < 1.29 is 19.1 Å². The number of oxazole rings is 1. The van der Waals surface area contributed by atoms with Crippen molar-refractivity contribution in [3.05, 3.63) is 24.1 Å². The van der Waals surface area contributed by atoms with E-state index in [0.717, 1.165) is 19.3 Å². The Labute approximate surface area is 128 Å². The number of methoxy groups -OCH3 is 1. The molecule has 0 spiro atoms. The average molecular weight is 304 g/mol. The molecule has 2 N–H and O–H groups in total. The highest BCUT2D eigenvalue weighted by molar-refractivity contribution is 5.79. The first-order valence-electron chi connectivity index (χ1n) is 7.55. The van der Waals surface area contributed by atoms with E-state index in [9.17, 15) is 9.90 Å². The number of fused-ring (bicyclic) bond motifs is 1. The number of nitrogens with one attached hydrogen (secondary N) is 1. The summed E-state index contributed by atoms with van der Waals surface area (Å²) in [6.45, 7) is 0.252. The topological polar surface area (TPSA) is 84.6 Å². The third-order valence-corrected chi connectivity index (χ3v) is 4.07. The zero-order valence-electron chi connectivity index (χ0n) is 12.5. The van der Waals surface area contributed by atoms with Crippen molar-refractivity contribution in [2.24, 2.45) is 5.92 Å². The first-order chi connectivity index (χ1) is 10.7. The molecule has 0 saturated heterocycles. The zero-order valence-corrected chi connectivity index (χ0v) is 12.5. The van der Waals surface area contributed by atoms with Gasteiger partial charge in [-0.05, 0) is 31.4 Å². The molecule has 1 aliphatic rings. The number of aliphatic hydroxyl groups is 1. The summed E-state index contributed by atoms with van der Waals surface area (Å²) >= 11 is 0. The van der Waals surface area contributed by atoms with Crippen LogP contribution < -0.4 is 10.1 Å². The van der Waals surface area contributed by atoms with E-state index in [1.165, 1.54) is 0 Å². The van der Waals surface area contributed by atoms with E-state index in [4.69, 9.17) is 9.15 Å². The fraction of sp³-hybridized carbons (Fsp3) is 0.500. The summed E-state index contributed by atoms with van der Waals surface area (Å²) < 4.78 is 10.7. The van der Waals surface area contributed by atoms with Crippen LogP contribution in [-0.2, 0) is 11.3 Å². The van der Waals surface area contributed by atoms with E-state index in [1.807, 2.05) is 0 Å². The van der Waals surface area contributed by atoms with Crippen molar-refractivity contribution in [2.45, 2.75) is 38.3 Å². The monoisotopic (exact) mass is 304 g/mol. The van der Waals surface area contributed by atoms with Crippen molar-refractivity contribution in [2.75, 3.05) is 7.11 Å². The minimum atomic E-state index is -0.360. The van der Waals surface area contributed by atoms with Crippen LogP contribution in [0.4, 0.5) is 0 Å². The molecule has 1 aliphatic carbocycles. The van der Waals surface area contributed by atoms with Crippen LogP contribution in [0.25, 0.3) is 11.1 Å². The van der Waals surface area contributed by atoms with E-state index in [2.05, 4.69) is 10.3 Å². The Hall–Kier alpha value is -2.08. The molecule has 6 heteroatoms. The second-order valence-electron chi connectivity index (χ2n) is 5.68. The van der Waals surface area contributed by atoms with Gasteiger partial charge in [0.05, 0.1) is 19.8 Å². The molecule has 1 amide bonds. The van der Waals surface area contributed by atoms with Crippen LogP contribution in [0.1, 0.15) is 31.6 Å². The maximum atomic E-state index is 12.1. The molecule has 2 atom stereocenters. The Morgan fingerprint density at radius 3 is 3.14 bits per heavy atom. The number of ether oxygens (including phenoxy) is 1. The van der Waals surface area contributed by atoms with Gasteiger partial charge in [0.2, 0.25) is 11.8 Å². The van der Waals surface area contributed by atoms with E-state index in [-0.39, 0.29) is 24.5 Å². The second-order valence-corrected chi connectivity index (χ2v) is 5.68. The first kappa shape index (κ1) is 14.8. The van der Waals surface area contributed by atoms with E-state index in [1.54, 1.807) is 25.3 Å². The van der Waals surface area contributed by atoms with E-state index < -0.39 is 0 Å². The Morgan fingerprint density at radius 2 is 2.36 bits per heavy atom. The molecule has 2 aromatic rings. The summed E-state index contributed by atoms with van der Waals surface area (Å²) in [5.74, 6) is 1.02. The molecule has 1 fully saturated rings. The summed E-state index contributed by atoms with van der Waals surface area (Å²) in [5, 5.41) is 12.5. The summed E-state index contributed by atoms with van der Waals surface area (Å²) in [6.07, 6.45) is 2.68. The Kier molecular flexibility index (Phi) is 4.29. The van der Waals surface area contributed by atoms with Gasteiger partial charge in [0.25, 0.3) is 0 Å². The molecule has 0 radical (unpaired) electrons. The minimum Gasteiger partial charge on any atom is -0.497 e. The molecule has 0 bridgehead atoms. The third kappa shape index (κ3) is 3.22. The lowest BCUT2D eigenvalue weighted by Gasteiger charge is -2.24. The molecule has 1 aromatic heterocycles. The number of carbonyl (C=O) groups is 1. The van der Waals surface area contributed by atoms with Gasteiger partial charge in [-0.3, -0.25) is 4.79 Å².